The Labute approximate surface area is 214 Å². The van der Waals surface area contributed by atoms with E-state index in [1.165, 1.54) is 65.3 Å². The summed E-state index contributed by atoms with van der Waals surface area (Å²) < 4.78 is 2.26. The van der Waals surface area contributed by atoms with E-state index in [4.69, 9.17) is 0 Å². The van der Waals surface area contributed by atoms with Crippen LogP contribution in [0.4, 0.5) is 0 Å². The molecule has 0 amide bonds. The largest absolute Gasteiger partial charge is 0.353 e. The van der Waals surface area contributed by atoms with E-state index in [0.29, 0.717) is 0 Å². The molecule has 5 aromatic carbocycles. The van der Waals surface area contributed by atoms with Crippen molar-refractivity contribution in [2.24, 2.45) is 0 Å². The van der Waals surface area contributed by atoms with Crippen LogP contribution in [-0.2, 0) is 6.42 Å². The van der Waals surface area contributed by atoms with Crippen molar-refractivity contribution in [2.45, 2.75) is 6.42 Å². The van der Waals surface area contributed by atoms with Crippen LogP contribution in [0.15, 0.2) is 106 Å². The zero-order chi connectivity index (χ0) is 22.8. The molecule has 0 unspecified atom stereocenters. The van der Waals surface area contributed by atoms with Gasteiger partial charge in [0.05, 0.1) is 11.0 Å². The number of hydrogen-bond acceptors (Lipinski definition) is 0. The van der Waals surface area contributed by atoms with Gasteiger partial charge in [0, 0.05) is 31.7 Å². The number of halogens is 2. The van der Waals surface area contributed by atoms with Crippen molar-refractivity contribution in [2.75, 3.05) is 0 Å². The van der Waals surface area contributed by atoms with Gasteiger partial charge < -0.3 is 4.98 Å². The molecule has 6 aromatic rings. The summed E-state index contributed by atoms with van der Waals surface area (Å²) in [5.41, 5.74) is 12.9. The molecule has 0 fully saturated rings. The SMILES string of the molecule is Brc1cccc2c1Cc1c-2c(-c2ccccc2)c2[nH]c3c(Br)cccc3c2c1-c1ccccc1. The lowest BCUT2D eigenvalue weighted by molar-refractivity contribution is 1.25. The number of fused-ring (bicyclic) bond motifs is 6. The van der Waals surface area contributed by atoms with Crippen molar-refractivity contribution in [3.05, 3.63) is 117 Å². The summed E-state index contributed by atoms with van der Waals surface area (Å²) in [6, 6.07) is 34.8. The van der Waals surface area contributed by atoms with Gasteiger partial charge >= 0.3 is 0 Å². The standard InChI is InChI=1S/C31H19Br2N/c32-24-15-7-13-20-22(24)17-23-26(18-9-3-1-4-10-18)29-21-14-8-16-25(33)30(21)34-31(29)27(28(20)23)19-11-5-2-6-12-19/h1-16,34H,17H2. The third-order valence-corrected chi connectivity index (χ3v) is 8.41. The first-order valence-corrected chi connectivity index (χ1v) is 13.0. The van der Waals surface area contributed by atoms with Gasteiger partial charge in [0.25, 0.3) is 0 Å². The normalized spacial score (nSPS) is 12.3. The predicted molar refractivity (Wildman–Crippen MR) is 150 cm³/mol. The Morgan fingerprint density at radius 3 is 1.91 bits per heavy atom. The molecule has 162 valence electrons. The molecule has 7 rings (SSSR count). The molecule has 0 spiro atoms. The second-order valence-corrected chi connectivity index (χ2v) is 10.5. The number of H-pyrrole nitrogens is 1. The quantitative estimate of drug-likeness (QED) is 0.215. The van der Waals surface area contributed by atoms with E-state index in [0.717, 1.165) is 16.4 Å². The minimum Gasteiger partial charge on any atom is -0.353 e. The van der Waals surface area contributed by atoms with E-state index in [9.17, 15) is 0 Å². The van der Waals surface area contributed by atoms with Crippen molar-refractivity contribution in [3.8, 4) is 33.4 Å². The third kappa shape index (κ3) is 2.84. The first kappa shape index (κ1) is 20.3. The van der Waals surface area contributed by atoms with Crippen LogP contribution in [-0.4, -0.2) is 4.98 Å². The zero-order valence-electron chi connectivity index (χ0n) is 18.2. The lowest BCUT2D eigenvalue weighted by Crippen LogP contribution is -1.94. The fraction of sp³-hybridized carbons (Fsp3) is 0.0323. The molecule has 1 heterocycles. The average molecular weight is 565 g/mol. The van der Waals surface area contributed by atoms with Gasteiger partial charge in [-0.1, -0.05) is 101 Å². The second kappa shape index (κ2) is 7.69. The highest BCUT2D eigenvalue weighted by Gasteiger charge is 2.31. The molecule has 0 saturated heterocycles. The maximum absolute atomic E-state index is 3.85. The molecule has 1 aliphatic rings. The Morgan fingerprint density at radius 2 is 1.18 bits per heavy atom. The molecule has 1 nitrogen and oxygen atoms in total. The van der Waals surface area contributed by atoms with E-state index in [2.05, 4.69) is 134 Å². The highest BCUT2D eigenvalue weighted by atomic mass is 79.9. The highest BCUT2D eigenvalue weighted by Crippen LogP contribution is 2.54. The van der Waals surface area contributed by atoms with Gasteiger partial charge in [0.2, 0.25) is 0 Å². The maximum atomic E-state index is 3.85. The molecule has 0 atom stereocenters. The van der Waals surface area contributed by atoms with Crippen LogP contribution < -0.4 is 0 Å². The maximum Gasteiger partial charge on any atom is 0.0609 e. The number of benzene rings is 5. The summed E-state index contributed by atoms with van der Waals surface area (Å²) >= 11 is 7.65. The number of aromatic nitrogens is 1. The zero-order valence-corrected chi connectivity index (χ0v) is 21.4. The Bertz CT molecular complexity index is 1730. The molecule has 1 N–H and O–H groups in total. The van der Waals surface area contributed by atoms with Crippen molar-refractivity contribution < 1.29 is 0 Å². The van der Waals surface area contributed by atoms with Gasteiger partial charge in [-0.3, -0.25) is 0 Å². The fourth-order valence-electron chi connectivity index (χ4n) is 5.62. The summed E-state index contributed by atoms with van der Waals surface area (Å²) in [6.45, 7) is 0. The Morgan fingerprint density at radius 1 is 0.529 bits per heavy atom. The van der Waals surface area contributed by atoms with Crippen LogP contribution in [0.1, 0.15) is 11.1 Å². The van der Waals surface area contributed by atoms with E-state index in [-0.39, 0.29) is 0 Å². The van der Waals surface area contributed by atoms with Crippen molar-refractivity contribution >= 4 is 53.7 Å². The van der Waals surface area contributed by atoms with Crippen molar-refractivity contribution in [3.63, 3.8) is 0 Å². The van der Waals surface area contributed by atoms with E-state index in [1.807, 2.05) is 0 Å². The van der Waals surface area contributed by atoms with Gasteiger partial charge in [-0.15, -0.1) is 0 Å². The molecule has 3 heteroatoms. The first-order chi connectivity index (χ1) is 16.7. The monoisotopic (exact) mass is 563 g/mol. The molecule has 0 aliphatic heterocycles. The first-order valence-electron chi connectivity index (χ1n) is 11.4. The van der Waals surface area contributed by atoms with E-state index >= 15 is 0 Å². The summed E-state index contributed by atoms with van der Waals surface area (Å²) in [4.78, 5) is 3.84. The molecule has 0 bridgehead atoms. The lowest BCUT2D eigenvalue weighted by atomic mass is 9.85. The van der Waals surface area contributed by atoms with Gasteiger partial charge in [0.1, 0.15) is 0 Å². The summed E-state index contributed by atoms with van der Waals surface area (Å²) in [7, 11) is 0. The average Bonchev–Trinajstić information content (AvgIpc) is 3.45. The van der Waals surface area contributed by atoms with Crippen LogP contribution in [0.2, 0.25) is 0 Å². The topological polar surface area (TPSA) is 15.8 Å². The Kier molecular flexibility index (Phi) is 4.58. The molecular weight excluding hydrogens is 546 g/mol. The molecule has 1 aromatic heterocycles. The molecule has 0 radical (unpaired) electrons. The van der Waals surface area contributed by atoms with Crippen molar-refractivity contribution in [1.29, 1.82) is 0 Å². The van der Waals surface area contributed by atoms with E-state index < -0.39 is 0 Å². The van der Waals surface area contributed by atoms with Crippen molar-refractivity contribution in [1.82, 2.24) is 4.98 Å². The van der Waals surface area contributed by atoms with Gasteiger partial charge in [-0.2, -0.15) is 0 Å². The summed E-state index contributed by atoms with van der Waals surface area (Å²) in [6.07, 6.45) is 0.909. The predicted octanol–water partition coefficient (Wildman–Crippen LogP) is 9.75. The summed E-state index contributed by atoms with van der Waals surface area (Å²) in [5.74, 6) is 0. The lowest BCUT2D eigenvalue weighted by Gasteiger charge is -2.18. The smallest absolute Gasteiger partial charge is 0.0609 e. The van der Waals surface area contributed by atoms with Gasteiger partial charge in [-0.25, -0.2) is 0 Å². The Hall–Kier alpha value is -3.14. The van der Waals surface area contributed by atoms with Crippen LogP contribution in [0.25, 0.3) is 55.2 Å². The molecule has 0 saturated carbocycles. The van der Waals surface area contributed by atoms with Gasteiger partial charge in [-0.05, 0) is 67.0 Å². The number of para-hydroxylation sites is 1. The Balaban J connectivity index is 1.77. The minimum atomic E-state index is 0.909. The fourth-order valence-corrected chi connectivity index (χ4v) is 6.59. The van der Waals surface area contributed by atoms with Crippen LogP contribution in [0, 0.1) is 0 Å². The summed E-state index contributed by atoms with van der Waals surface area (Å²) in [5, 5.41) is 2.54. The number of rotatable bonds is 2. The van der Waals surface area contributed by atoms with E-state index in [1.54, 1.807) is 0 Å². The van der Waals surface area contributed by atoms with Crippen LogP contribution >= 0.6 is 31.9 Å². The minimum absolute atomic E-state index is 0.909. The molecule has 1 aliphatic carbocycles. The molecule has 34 heavy (non-hydrogen) atoms. The number of nitrogens with one attached hydrogen (secondary N) is 1. The van der Waals surface area contributed by atoms with Crippen LogP contribution in [0.3, 0.4) is 0 Å². The third-order valence-electron chi connectivity index (χ3n) is 7.00. The number of hydrogen-bond donors (Lipinski definition) is 1. The molecular formula is C31H19Br2N. The van der Waals surface area contributed by atoms with Gasteiger partial charge in [0.15, 0.2) is 0 Å². The number of aromatic amines is 1. The second-order valence-electron chi connectivity index (χ2n) is 8.82. The van der Waals surface area contributed by atoms with Crippen LogP contribution in [0.5, 0.6) is 0 Å². The highest BCUT2D eigenvalue weighted by molar-refractivity contribution is 9.11.